The molecule has 3 N–H and O–H groups in total. The first-order valence-corrected chi connectivity index (χ1v) is 8.26. The number of thiophene rings is 1. The maximum absolute atomic E-state index is 13.5. The second-order valence-corrected chi connectivity index (χ2v) is 6.91. The minimum Gasteiger partial charge on any atom is -0.386 e. The van der Waals surface area contributed by atoms with Crippen LogP contribution < -0.4 is 10.6 Å². The fourth-order valence-electron chi connectivity index (χ4n) is 2.16. The van der Waals surface area contributed by atoms with Crippen LogP contribution in [0.25, 0.3) is 0 Å². The summed E-state index contributed by atoms with van der Waals surface area (Å²) < 4.78 is 13.5. The SMILES string of the molecule is CC(C)(CNC(=O)NCC(O)c1ccccc1F)c1cccs1. The van der Waals surface area contributed by atoms with Crippen LogP contribution in [0.5, 0.6) is 0 Å². The first kappa shape index (κ1) is 17.4. The van der Waals surface area contributed by atoms with E-state index in [2.05, 4.69) is 10.6 Å². The van der Waals surface area contributed by atoms with Gasteiger partial charge in [0.15, 0.2) is 0 Å². The summed E-state index contributed by atoms with van der Waals surface area (Å²) in [4.78, 5) is 13.0. The number of carbonyl (C=O) groups excluding carboxylic acids is 1. The number of halogens is 1. The molecule has 0 saturated carbocycles. The molecule has 0 aliphatic rings. The molecule has 0 bridgehead atoms. The summed E-state index contributed by atoms with van der Waals surface area (Å²) in [6.07, 6.45) is -1.08. The fourth-order valence-corrected chi connectivity index (χ4v) is 3.01. The second kappa shape index (κ2) is 7.57. The molecule has 1 aromatic heterocycles. The van der Waals surface area contributed by atoms with E-state index >= 15 is 0 Å². The van der Waals surface area contributed by atoms with Gasteiger partial charge in [0, 0.05) is 28.9 Å². The predicted octanol–water partition coefficient (Wildman–Crippen LogP) is 3.20. The first-order chi connectivity index (χ1) is 10.9. The number of benzene rings is 1. The van der Waals surface area contributed by atoms with E-state index in [0.29, 0.717) is 6.54 Å². The summed E-state index contributed by atoms with van der Waals surface area (Å²) in [7, 11) is 0. The van der Waals surface area contributed by atoms with Gasteiger partial charge in [0.05, 0.1) is 6.10 Å². The number of aliphatic hydroxyl groups is 1. The molecule has 0 aliphatic carbocycles. The first-order valence-electron chi connectivity index (χ1n) is 7.38. The number of aliphatic hydroxyl groups excluding tert-OH is 1. The molecule has 0 fully saturated rings. The number of hydrogen-bond donors (Lipinski definition) is 3. The summed E-state index contributed by atoms with van der Waals surface area (Å²) in [5.74, 6) is -0.485. The van der Waals surface area contributed by atoms with Crippen molar-refractivity contribution in [3.8, 4) is 0 Å². The molecule has 124 valence electrons. The molecule has 1 atom stereocenters. The maximum atomic E-state index is 13.5. The van der Waals surface area contributed by atoms with Crippen molar-refractivity contribution in [1.82, 2.24) is 10.6 Å². The quantitative estimate of drug-likeness (QED) is 0.759. The predicted molar refractivity (Wildman–Crippen MR) is 90.1 cm³/mol. The van der Waals surface area contributed by atoms with Gasteiger partial charge in [-0.1, -0.05) is 38.1 Å². The highest BCUT2D eigenvalue weighted by atomic mass is 32.1. The summed E-state index contributed by atoms with van der Waals surface area (Å²) in [6.45, 7) is 4.52. The van der Waals surface area contributed by atoms with E-state index in [-0.39, 0.29) is 23.6 Å². The lowest BCUT2D eigenvalue weighted by Crippen LogP contribution is -2.43. The summed E-state index contributed by atoms with van der Waals surface area (Å²) >= 11 is 1.65. The van der Waals surface area contributed by atoms with Gasteiger partial charge in [-0.25, -0.2) is 9.18 Å². The van der Waals surface area contributed by atoms with Crippen LogP contribution in [0.2, 0.25) is 0 Å². The summed E-state index contributed by atoms with van der Waals surface area (Å²) in [6, 6.07) is 9.61. The van der Waals surface area contributed by atoms with E-state index in [1.807, 2.05) is 31.4 Å². The molecule has 0 aliphatic heterocycles. The molecule has 6 heteroatoms. The van der Waals surface area contributed by atoms with Gasteiger partial charge in [-0.05, 0) is 17.5 Å². The Hall–Kier alpha value is -1.92. The Morgan fingerprint density at radius 2 is 2.00 bits per heavy atom. The van der Waals surface area contributed by atoms with E-state index in [0.717, 1.165) is 0 Å². The molecule has 0 spiro atoms. The number of carbonyl (C=O) groups is 1. The van der Waals surface area contributed by atoms with Crippen LogP contribution in [0.15, 0.2) is 41.8 Å². The molecular formula is C17H21FN2O2S. The van der Waals surface area contributed by atoms with E-state index in [4.69, 9.17) is 0 Å². The molecule has 4 nitrogen and oxygen atoms in total. The largest absolute Gasteiger partial charge is 0.386 e. The Labute approximate surface area is 139 Å². The molecule has 1 unspecified atom stereocenters. The third kappa shape index (κ3) is 4.77. The average Bonchev–Trinajstić information content (AvgIpc) is 3.06. The molecule has 0 saturated heterocycles. The Morgan fingerprint density at radius 3 is 2.65 bits per heavy atom. The van der Waals surface area contributed by atoms with Crippen molar-refractivity contribution in [2.24, 2.45) is 0 Å². The third-order valence-electron chi connectivity index (χ3n) is 3.60. The maximum Gasteiger partial charge on any atom is 0.314 e. The number of amides is 2. The van der Waals surface area contributed by atoms with E-state index in [1.54, 1.807) is 23.5 Å². The number of nitrogens with one attached hydrogen (secondary N) is 2. The van der Waals surface area contributed by atoms with Crippen molar-refractivity contribution in [1.29, 1.82) is 0 Å². The second-order valence-electron chi connectivity index (χ2n) is 5.96. The molecule has 0 radical (unpaired) electrons. The highest BCUT2D eigenvalue weighted by molar-refractivity contribution is 7.10. The van der Waals surface area contributed by atoms with Crippen LogP contribution in [-0.4, -0.2) is 24.2 Å². The van der Waals surface area contributed by atoms with Crippen molar-refractivity contribution >= 4 is 17.4 Å². The van der Waals surface area contributed by atoms with E-state index in [1.165, 1.54) is 17.0 Å². The van der Waals surface area contributed by atoms with E-state index < -0.39 is 11.9 Å². The summed E-state index contributed by atoms with van der Waals surface area (Å²) in [5.41, 5.74) is 0.00191. The molecule has 2 rings (SSSR count). The molecule has 2 amide bonds. The van der Waals surface area contributed by atoms with Crippen LogP contribution in [0.3, 0.4) is 0 Å². The number of rotatable bonds is 6. The van der Waals surface area contributed by atoms with Gasteiger partial charge < -0.3 is 15.7 Å². The lowest BCUT2D eigenvalue weighted by atomic mass is 9.91. The van der Waals surface area contributed by atoms with Crippen LogP contribution in [0.4, 0.5) is 9.18 Å². The Kier molecular flexibility index (Phi) is 5.74. The minimum atomic E-state index is -1.08. The van der Waals surface area contributed by atoms with Gasteiger partial charge >= 0.3 is 6.03 Å². The molecule has 1 heterocycles. The van der Waals surface area contributed by atoms with Gasteiger partial charge in [0.1, 0.15) is 5.82 Å². The molecular weight excluding hydrogens is 315 g/mol. The van der Waals surface area contributed by atoms with Crippen LogP contribution in [0.1, 0.15) is 30.4 Å². The van der Waals surface area contributed by atoms with Crippen molar-refractivity contribution in [3.05, 3.63) is 58.0 Å². The topological polar surface area (TPSA) is 61.4 Å². The van der Waals surface area contributed by atoms with E-state index in [9.17, 15) is 14.3 Å². The van der Waals surface area contributed by atoms with Crippen LogP contribution >= 0.6 is 11.3 Å². The minimum absolute atomic E-state index is 0.0494. The Bertz CT molecular complexity index is 644. The van der Waals surface area contributed by atoms with Crippen molar-refractivity contribution in [2.45, 2.75) is 25.4 Å². The Balaban J connectivity index is 1.80. The van der Waals surface area contributed by atoms with Gasteiger partial charge in [0.25, 0.3) is 0 Å². The monoisotopic (exact) mass is 336 g/mol. The number of urea groups is 1. The normalized spacial score (nSPS) is 12.7. The molecule has 1 aromatic carbocycles. The van der Waals surface area contributed by atoms with Crippen molar-refractivity contribution < 1.29 is 14.3 Å². The lowest BCUT2D eigenvalue weighted by molar-refractivity contribution is 0.168. The zero-order valence-electron chi connectivity index (χ0n) is 13.2. The zero-order valence-corrected chi connectivity index (χ0v) is 14.0. The van der Waals surface area contributed by atoms with Crippen molar-refractivity contribution in [3.63, 3.8) is 0 Å². The molecule has 23 heavy (non-hydrogen) atoms. The standard InChI is InChI=1S/C17H21FN2O2S/c1-17(2,15-8-5-9-23-15)11-20-16(22)19-10-14(21)12-6-3-4-7-13(12)18/h3-9,14,21H,10-11H2,1-2H3,(H2,19,20,22). The fraction of sp³-hybridized carbons (Fsp3) is 0.353. The smallest absolute Gasteiger partial charge is 0.314 e. The van der Waals surface area contributed by atoms with Crippen LogP contribution in [-0.2, 0) is 5.41 Å². The highest BCUT2D eigenvalue weighted by Crippen LogP contribution is 2.26. The average molecular weight is 336 g/mol. The van der Waals surface area contributed by atoms with Gasteiger partial charge in [-0.3, -0.25) is 0 Å². The van der Waals surface area contributed by atoms with Crippen molar-refractivity contribution in [2.75, 3.05) is 13.1 Å². The molecule has 2 aromatic rings. The summed E-state index contributed by atoms with van der Waals surface area (Å²) in [5, 5.41) is 17.3. The zero-order chi connectivity index (χ0) is 16.9. The third-order valence-corrected chi connectivity index (χ3v) is 4.84. The highest BCUT2D eigenvalue weighted by Gasteiger charge is 2.22. The lowest BCUT2D eigenvalue weighted by Gasteiger charge is -2.24. The van der Waals surface area contributed by atoms with Crippen LogP contribution in [0, 0.1) is 5.82 Å². The number of hydrogen-bond acceptors (Lipinski definition) is 3. The Morgan fingerprint density at radius 1 is 1.26 bits per heavy atom. The van der Waals surface area contributed by atoms with Gasteiger partial charge in [-0.2, -0.15) is 0 Å². The van der Waals surface area contributed by atoms with Gasteiger partial charge in [0.2, 0.25) is 0 Å². The van der Waals surface area contributed by atoms with Gasteiger partial charge in [-0.15, -0.1) is 11.3 Å².